The highest BCUT2D eigenvalue weighted by Crippen LogP contribution is 2.24. The van der Waals surface area contributed by atoms with Gasteiger partial charge in [0.15, 0.2) is 10.7 Å². The van der Waals surface area contributed by atoms with Gasteiger partial charge in [-0.15, -0.1) is 0 Å². The van der Waals surface area contributed by atoms with Crippen molar-refractivity contribution in [3.63, 3.8) is 0 Å². The van der Waals surface area contributed by atoms with E-state index in [1.807, 2.05) is 43.4 Å². The largest absolute Gasteiger partial charge is 0.491 e. The Morgan fingerprint density at radius 3 is 2.96 bits per heavy atom. The maximum atomic E-state index is 8.78. The lowest BCUT2D eigenvalue weighted by Gasteiger charge is -2.04. The van der Waals surface area contributed by atoms with Crippen molar-refractivity contribution in [2.45, 2.75) is 0 Å². The Bertz CT molecular complexity index is 823. The van der Waals surface area contributed by atoms with Crippen molar-refractivity contribution in [1.29, 1.82) is 0 Å². The summed E-state index contributed by atoms with van der Waals surface area (Å²) < 4.78 is 11.1. The van der Waals surface area contributed by atoms with Crippen LogP contribution < -0.4 is 9.64 Å². The lowest BCUT2D eigenvalue weighted by atomic mass is 10.3. The minimum Gasteiger partial charge on any atom is -0.491 e. The summed E-state index contributed by atoms with van der Waals surface area (Å²) in [7, 11) is 3.92. The Morgan fingerprint density at radius 2 is 2.22 bits per heavy atom. The average Bonchev–Trinajstić information content (AvgIpc) is 3.16. The van der Waals surface area contributed by atoms with Crippen LogP contribution in [0, 0.1) is 0 Å². The summed E-state index contributed by atoms with van der Waals surface area (Å²) >= 11 is 1.59. The topological polar surface area (TPSA) is 71.6 Å². The van der Waals surface area contributed by atoms with Crippen LogP contribution in [-0.4, -0.2) is 42.4 Å². The normalized spacial score (nSPS) is 11.4. The fourth-order valence-corrected chi connectivity index (χ4v) is 2.70. The van der Waals surface area contributed by atoms with Crippen LogP contribution in [0.1, 0.15) is 10.8 Å². The number of fused-ring (bicyclic) bond motifs is 1. The third-order valence-corrected chi connectivity index (χ3v) is 4.15. The minimum absolute atomic E-state index is 0.0216. The number of aromatic nitrogens is 2. The second-order valence-corrected chi connectivity index (χ2v) is 6.07. The van der Waals surface area contributed by atoms with E-state index in [1.165, 1.54) is 0 Å². The smallest absolute Gasteiger partial charge is 0.220 e. The Labute approximate surface area is 137 Å². The maximum Gasteiger partial charge on any atom is 0.220 e. The van der Waals surface area contributed by atoms with Crippen molar-refractivity contribution >= 4 is 39.7 Å². The number of nitrogens with zero attached hydrogens (tertiary/aromatic N) is 3. The maximum absolute atomic E-state index is 8.78. The molecule has 0 bridgehead atoms. The summed E-state index contributed by atoms with van der Waals surface area (Å²) in [6, 6.07) is 5.41. The molecule has 0 saturated carbocycles. The van der Waals surface area contributed by atoms with Crippen molar-refractivity contribution in [2.24, 2.45) is 0 Å². The Hall–Kier alpha value is -2.38. The van der Waals surface area contributed by atoms with Gasteiger partial charge in [0.2, 0.25) is 5.89 Å². The second-order valence-electron chi connectivity index (χ2n) is 5.03. The van der Waals surface area contributed by atoms with Crippen molar-refractivity contribution < 1.29 is 14.3 Å². The van der Waals surface area contributed by atoms with Gasteiger partial charge in [0.05, 0.1) is 6.61 Å². The predicted octanol–water partition coefficient (Wildman–Crippen LogP) is 2.89. The molecule has 2 heterocycles. The quantitative estimate of drug-likeness (QED) is 0.749. The van der Waals surface area contributed by atoms with Crippen molar-refractivity contribution in [3.05, 3.63) is 35.2 Å². The number of ether oxygens (including phenoxy) is 1. The molecule has 3 aromatic rings. The lowest BCUT2D eigenvalue weighted by molar-refractivity contribution is 0.201. The lowest BCUT2D eigenvalue weighted by Crippen LogP contribution is -2.07. The highest BCUT2D eigenvalue weighted by atomic mass is 32.1. The van der Waals surface area contributed by atoms with Gasteiger partial charge in [-0.25, -0.2) is 9.97 Å². The van der Waals surface area contributed by atoms with Gasteiger partial charge >= 0.3 is 0 Å². The van der Waals surface area contributed by atoms with E-state index in [4.69, 9.17) is 14.3 Å². The third kappa shape index (κ3) is 3.69. The zero-order valence-electron chi connectivity index (χ0n) is 12.9. The van der Waals surface area contributed by atoms with E-state index >= 15 is 0 Å². The first kappa shape index (κ1) is 15.5. The molecule has 0 saturated heterocycles. The van der Waals surface area contributed by atoms with E-state index in [2.05, 4.69) is 9.97 Å². The molecule has 0 unspecified atom stereocenters. The molecule has 0 aliphatic heterocycles. The van der Waals surface area contributed by atoms with Crippen molar-refractivity contribution in [2.75, 3.05) is 32.2 Å². The third-order valence-electron chi connectivity index (χ3n) is 3.02. The molecule has 1 aromatic carbocycles. The van der Waals surface area contributed by atoms with Gasteiger partial charge in [-0.1, -0.05) is 11.3 Å². The van der Waals surface area contributed by atoms with Gasteiger partial charge in [-0.3, -0.25) is 0 Å². The molecule has 0 aliphatic rings. The molecule has 0 spiro atoms. The Kier molecular flexibility index (Phi) is 4.59. The summed E-state index contributed by atoms with van der Waals surface area (Å²) in [6.07, 6.45) is 5.57. The van der Waals surface area contributed by atoms with E-state index in [0.29, 0.717) is 17.2 Å². The molecule has 0 aliphatic carbocycles. The van der Waals surface area contributed by atoms with Gasteiger partial charge in [0, 0.05) is 37.3 Å². The Morgan fingerprint density at radius 1 is 1.35 bits per heavy atom. The monoisotopic (exact) mass is 331 g/mol. The highest BCUT2D eigenvalue weighted by Gasteiger charge is 2.06. The fraction of sp³-hybridized carbons (Fsp3) is 0.250. The number of anilines is 1. The summed E-state index contributed by atoms with van der Waals surface area (Å²) in [5.74, 6) is 1.18. The van der Waals surface area contributed by atoms with Gasteiger partial charge in [0.1, 0.15) is 17.9 Å². The fourth-order valence-electron chi connectivity index (χ4n) is 1.96. The van der Waals surface area contributed by atoms with Crippen LogP contribution in [0.15, 0.2) is 28.8 Å². The molecule has 3 rings (SSSR count). The van der Waals surface area contributed by atoms with Crippen LogP contribution in [0.5, 0.6) is 5.75 Å². The van der Waals surface area contributed by atoms with E-state index < -0.39 is 0 Å². The van der Waals surface area contributed by atoms with E-state index in [0.717, 1.165) is 15.5 Å². The number of benzene rings is 1. The number of aliphatic hydroxyl groups is 1. The summed E-state index contributed by atoms with van der Waals surface area (Å²) in [6.45, 7) is 0.234. The Balaban J connectivity index is 1.78. The number of rotatable bonds is 6. The van der Waals surface area contributed by atoms with Crippen LogP contribution in [0.25, 0.3) is 23.3 Å². The van der Waals surface area contributed by atoms with E-state index in [1.54, 1.807) is 23.5 Å². The number of hydrogen-bond acceptors (Lipinski definition) is 7. The summed E-state index contributed by atoms with van der Waals surface area (Å²) in [4.78, 5) is 11.7. The number of hydrogen-bond donors (Lipinski definition) is 1. The van der Waals surface area contributed by atoms with Gasteiger partial charge in [-0.2, -0.15) is 0 Å². The van der Waals surface area contributed by atoms with E-state index in [9.17, 15) is 0 Å². The molecule has 0 atom stereocenters. The van der Waals surface area contributed by atoms with E-state index in [-0.39, 0.29) is 13.2 Å². The first-order chi connectivity index (χ1) is 11.2. The molecule has 0 fully saturated rings. The SMILES string of the molecule is CN(C)c1ncc(C=Cc2nc3ccc(OCCO)cc3o2)s1. The molecular formula is C16H17N3O3S. The first-order valence-electron chi connectivity index (χ1n) is 7.11. The molecule has 120 valence electrons. The standard InChI is InChI=1S/C16H17N3O3S/c1-19(2)16-17-10-12(23-16)4-6-15-18-13-5-3-11(21-8-7-20)9-14(13)22-15/h3-6,9-10,20H,7-8H2,1-2H3. The highest BCUT2D eigenvalue weighted by molar-refractivity contribution is 7.16. The molecule has 6 nitrogen and oxygen atoms in total. The van der Waals surface area contributed by atoms with Gasteiger partial charge in [-0.05, 0) is 18.2 Å². The molecule has 1 N–H and O–H groups in total. The van der Waals surface area contributed by atoms with Crippen molar-refractivity contribution in [1.82, 2.24) is 9.97 Å². The van der Waals surface area contributed by atoms with Crippen LogP contribution in [-0.2, 0) is 0 Å². The zero-order chi connectivity index (χ0) is 16.2. The number of oxazole rings is 1. The van der Waals surface area contributed by atoms with Crippen LogP contribution in [0.3, 0.4) is 0 Å². The summed E-state index contributed by atoms with van der Waals surface area (Å²) in [5, 5.41) is 9.73. The molecule has 0 amide bonds. The van der Waals surface area contributed by atoms with Crippen LogP contribution in [0.2, 0.25) is 0 Å². The molecule has 7 heteroatoms. The zero-order valence-corrected chi connectivity index (χ0v) is 13.7. The minimum atomic E-state index is -0.0216. The molecule has 2 aromatic heterocycles. The van der Waals surface area contributed by atoms with Crippen molar-refractivity contribution in [3.8, 4) is 5.75 Å². The molecule has 0 radical (unpaired) electrons. The number of aliphatic hydroxyl groups excluding tert-OH is 1. The van der Waals surface area contributed by atoms with Gasteiger partial charge in [0.25, 0.3) is 0 Å². The molecule has 23 heavy (non-hydrogen) atoms. The summed E-state index contributed by atoms with van der Waals surface area (Å²) in [5.41, 5.74) is 1.41. The average molecular weight is 331 g/mol. The van der Waals surface area contributed by atoms with Gasteiger partial charge < -0.3 is 19.2 Å². The van der Waals surface area contributed by atoms with Crippen LogP contribution >= 0.6 is 11.3 Å². The number of thiazole rings is 1. The second kappa shape index (κ2) is 6.80. The first-order valence-corrected chi connectivity index (χ1v) is 7.93. The van der Waals surface area contributed by atoms with Crippen LogP contribution in [0.4, 0.5) is 5.13 Å². The predicted molar refractivity (Wildman–Crippen MR) is 92.0 cm³/mol. The molecular weight excluding hydrogens is 314 g/mol.